The monoisotopic (exact) mass is 374 g/mol. The first kappa shape index (κ1) is 17.7. The Kier molecular flexibility index (Phi) is 4.73. The minimum atomic E-state index is -4.24. The molecule has 1 saturated heterocycles. The van der Waals surface area contributed by atoms with Gasteiger partial charge in [0.15, 0.2) is 6.23 Å². The van der Waals surface area contributed by atoms with Gasteiger partial charge in [0.2, 0.25) is 0 Å². The van der Waals surface area contributed by atoms with E-state index in [2.05, 4.69) is 4.98 Å². The number of rotatable bonds is 5. The maximum Gasteiger partial charge on any atom is 0.437 e. The number of hydrogen-bond acceptors (Lipinski definition) is 8. The lowest BCUT2D eigenvalue weighted by Crippen LogP contribution is -2.37. The standard InChI is InChI=1S/C12H15N4O8P/c17-8-1-3-16(12(20)14-8)11-10(19)9(18)7(24-11)5-23-25(21,22)15-4-2-13-6-15/h1-4,6-7,9-11,18-19H,5H2,(H,21,22)(H,14,17,20)/t7-,9?,10?,11-/m1/s1. The number of nitrogens with zero attached hydrogens (tertiary/aromatic N) is 3. The molecule has 25 heavy (non-hydrogen) atoms. The zero-order chi connectivity index (χ0) is 18.2. The predicted molar refractivity (Wildman–Crippen MR) is 80.6 cm³/mol. The molecule has 0 amide bonds. The van der Waals surface area contributed by atoms with Crippen LogP contribution in [0.15, 0.2) is 40.6 Å². The summed E-state index contributed by atoms with van der Waals surface area (Å²) in [6.45, 7) is -0.529. The van der Waals surface area contributed by atoms with Crippen LogP contribution in [0.3, 0.4) is 0 Å². The molecular formula is C12H15N4O8P. The number of imidazole rings is 1. The van der Waals surface area contributed by atoms with Crippen molar-refractivity contribution in [3.63, 3.8) is 0 Å². The van der Waals surface area contributed by atoms with Gasteiger partial charge in [0.05, 0.1) is 6.61 Å². The van der Waals surface area contributed by atoms with Crippen molar-refractivity contribution >= 4 is 7.75 Å². The Hall–Kier alpha value is -2.08. The molecule has 1 fully saturated rings. The quantitative estimate of drug-likeness (QED) is 0.433. The van der Waals surface area contributed by atoms with E-state index in [9.17, 15) is 29.3 Å². The van der Waals surface area contributed by atoms with Gasteiger partial charge in [0.25, 0.3) is 5.56 Å². The van der Waals surface area contributed by atoms with E-state index in [1.165, 1.54) is 12.4 Å². The van der Waals surface area contributed by atoms with Crippen molar-refractivity contribution in [3.8, 4) is 0 Å². The topological polar surface area (TPSA) is 169 Å². The molecule has 0 saturated carbocycles. The fraction of sp³-hybridized carbons (Fsp3) is 0.417. The third-order valence-electron chi connectivity index (χ3n) is 3.65. The zero-order valence-corrected chi connectivity index (χ0v) is 13.5. The highest BCUT2D eigenvalue weighted by atomic mass is 31.2. The van der Waals surface area contributed by atoms with Crippen LogP contribution in [0, 0.1) is 0 Å². The molecule has 1 aliphatic rings. The number of nitrogens with one attached hydrogen (secondary N) is 1. The largest absolute Gasteiger partial charge is 0.437 e. The van der Waals surface area contributed by atoms with Gasteiger partial charge in [0.1, 0.15) is 24.6 Å². The van der Waals surface area contributed by atoms with E-state index in [0.29, 0.717) is 0 Å². The Labute approximate surface area is 139 Å². The Morgan fingerprint density at radius 2 is 2.08 bits per heavy atom. The maximum atomic E-state index is 12.0. The number of aromatic amines is 1. The third-order valence-corrected chi connectivity index (χ3v) is 4.96. The highest BCUT2D eigenvalue weighted by molar-refractivity contribution is 7.51. The van der Waals surface area contributed by atoms with Crippen molar-refractivity contribution in [2.75, 3.05) is 6.61 Å². The van der Waals surface area contributed by atoms with Gasteiger partial charge < -0.3 is 19.8 Å². The molecule has 1 aliphatic heterocycles. The van der Waals surface area contributed by atoms with Gasteiger partial charge in [-0.05, 0) is 0 Å². The summed E-state index contributed by atoms with van der Waals surface area (Å²) in [6, 6.07) is 1.05. The first-order chi connectivity index (χ1) is 11.8. The molecule has 5 atom stereocenters. The van der Waals surface area contributed by atoms with Crippen molar-refractivity contribution in [2.24, 2.45) is 0 Å². The molecule has 0 spiro atoms. The Morgan fingerprint density at radius 3 is 2.72 bits per heavy atom. The molecule has 13 heteroatoms. The summed E-state index contributed by atoms with van der Waals surface area (Å²) in [4.78, 5) is 38.3. The summed E-state index contributed by atoms with van der Waals surface area (Å²) >= 11 is 0. The van der Waals surface area contributed by atoms with E-state index in [-0.39, 0.29) is 0 Å². The fourth-order valence-corrected chi connectivity index (χ4v) is 3.26. The number of aliphatic hydroxyl groups excluding tert-OH is 2. The highest BCUT2D eigenvalue weighted by Gasteiger charge is 2.45. The smallest absolute Gasteiger partial charge is 0.387 e. The SMILES string of the molecule is O=c1ccn([C@@H]2O[C@H](COP(=O)(O)n3ccnc3)C(O)C2O)c(=O)[nH]1. The van der Waals surface area contributed by atoms with Crippen LogP contribution in [0.25, 0.3) is 0 Å². The van der Waals surface area contributed by atoms with Crippen LogP contribution >= 0.6 is 7.75 Å². The van der Waals surface area contributed by atoms with Crippen LogP contribution in [-0.2, 0) is 13.8 Å². The molecule has 2 aromatic rings. The van der Waals surface area contributed by atoms with Crippen molar-refractivity contribution in [2.45, 2.75) is 24.5 Å². The van der Waals surface area contributed by atoms with Crippen molar-refractivity contribution in [1.29, 1.82) is 0 Å². The molecule has 0 aromatic carbocycles. The molecule has 12 nitrogen and oxygen atoms in total. The summed E-state index contributed by atoms with van der Waals surface area (Å²) in [5.41, 5.74) is -1.47. The van der Waals surface area contributed by atoms with Gasteiger partial charge in [-0.1, -0.05) is 0 Å². The van der Waals surface area contributed by atoms with Crippen molar-refractivity contribution in [1.82, 2.24) is 18.9 Å². The lowest BCUT2D eigenvalue weighted by atomic mass is 10.1. The summed E-state index contributed by atoms with van der Waals surface area (Å²) in [5, 5.41) is 20.1. The Balaban J connectivity index is 1.73. The molecule has 0 radical (unpaired) electrons. The number of aromatic nitrogens is 4. The molecule has 0 aliphatic carbocycles. The second kappa shape index (κ2) is 6.67. The Bertz CT molecular complexity index is 893. The molecule has 3 rings (SSSR count). The van der Waals surface area contributed by atoms with Crippen molar-refractivity contribution in [3.05, 3.63) is 51.8 Å². The maximum absolute atomic E-state index is 12.0. The summed E-state index contributed by atoms with van der Waals surface area (Å²) in [6.07, 6.45) is -0.755. The van der Waals surface area contributed by atoms with Gasteiger partial charge in [-0.2, -0.15) is 0 Å². The minimum absolute atomic E-state index is 0.529. The van der Waals surface area contributed by atoms with Crippen LogP contribution in [0.5, 0.6) is 0 Å². The second-order valence-electron chi connectivity index (χ2n) is 5.29. The normalized spacial score (nSPS) is 28.8. The van der Waals surface area contributed by atoms with Gasteiger partial charge >= 0.3 is 13.4 Å². The van der Waals surface area contributed by atoms with E-state index in [1.54, 1.807) is 0 Å². The van der Waals surface area contributed by atoms with Gasteiger partial charge in [-0.3, -0.25) is 18.9 Å². The van der Waals surface area contributed by atoms with Crippen LogP contribution < -0.4 is 11.2 Å². The third kappa shape index (κ3) is 3.49. The molecule has 3 heterocycles. The minimum Gasteiger partial charge on any atom is -0.387 e. The molecule has 2 aromatic heterocycles. The van der Waals surface area contributed by atoms with Gasteiger partial charge in [-0.25, -0.2) is 18.7 Å². The Morgan fingerprint density at radius 1 is 1.32 bits per heavy atom. The van der Waals surface area contributed by atoms with E-state index >= 15 is 0 Å². The lowest BCUT2D eigenvalue weighted by Gasteiger charge is -2.18. The molecule has 0 bridgehead atoms. The van der Waals surface area contributed by atoms with Gasteiger partial charge in [-0.15, -0.1) is 0 Å². The average Bonchev–Trinajstić information content (AvgIpc) is 3.18. The van der Waals surface area contributed by atoms with Crippen LogP contribution in [-0.4, -0.2) is 58.9 Å². The van der Waals surface area contributed by atoms with Gasteiger partial charge in [0, 0.05) is 24.7 Å². The van der Waals surface area contributed by atoms with E-state index in [1.807, 2.05) is 4.98 Å². The number of hydrogen-bond donors (Lipinski definition) is 4. The van der Waals surface area contributed by atoms with E-state index in [0.717, 1.165) is 27.5 Å². The highest BCUT2D eigenvalue weighted by Crippen LogP contribution is 2.44. The molecule has 136 valence electrons. The van der Waals surface area contributed by atoms with Crippen LogP contribution in [0.1, 0.15) is 6.23 Å². The fourth-order valence-electron chi connectivity index (χ4n) is 2.36. The summed E-state index contributed by atoms with van der Waals surface area (Å²) < 4.78 is 24.0. The van der Waals surface area contributed by atoms with Crippen LogP contribution in [0.4, 0.5) is 0 Å². The first-order valence-electron chi connectivity index (χ1n) is 7.09. The lowest BCUT2D eigenvalue weighted by molar-refractivity contribution is -0.0527. The van der Waals surface area contributed by atoms with E-state index < -0.39 is 50.1 Å². The molecular weight excluding hydrogens is 359 g/mol. The number of H-pyrrole nitrogens is 1. The average molecular weight is 374 g/mol. The van der Waals surface area contributed by atoms with Crippen LogP contribution in [0.2, 0.25) is 0 Å². The van der Waals surface area contributed by atoms with Crippen molar-refractivity contribution < 1.29 is 28.9 Å². The molecule has 3 unspecified atom stereocenters. The predicted octanol–water partition coefficient (Wildman–Crippen LogP) is -1.98. The summed E-state index contributed by atoms with van der Waals surface area (Å²) in [7, 11) is -4.24. The number of aliphatic hydroxyl groups is 2. The van der Waals surface area contributed by atoms with E-state index in [4.69, 9.17) is 9.26 Å². The zero-order valence-electron chi connectivity index (χ0n) is 12.6. The first-order valence-corrected chi connectivity index (χ1v) is 8.62. The summed E-state index contributed by atoms with van der Waals surface area (Å²) in [5.74, 6) is 0. The number of ether oxygens (including phenoxy) is 1. The second-order valence-corrected chi connectivity index (χ2v) is 6.99. The molecule has 4 N–H and O–H groups in total.